The Labute approximate surface area is 284 Å². The predicted octanol–water partition coefficient (Wildman–Crippen LogP) is 11.3. The van der Waals surface area contributed by atoms with Crippen molar-refractivity contribution in [1.29, 1.82) is 0 Å². The maximum Gasteiger partial charge on any atom is 0.164 e. The van der Waals surface area contributed by atoms with Crippen molar-refractivity contribution >= 4 is 21.8 Å². The average molecular weight is 627 g/mol. The van der Waals surface area contributed by atoms with Crippen LogP contribution in [-0.4, -0.2) is 19.5 Å². The Kier molecular flexibility index (Phi) is 7.10. The van der Waals surface area contributed by atoms with Crippen LogP contribution >= 0.6 is 0 Å². The lowest BCUT2D eigenvalue weighted by atomic mass is 10.0. The molecule has 9 aromatic rings. The van der Waals surface area contributed by atoms with Gasteiger partial charge in [0.25, 0.3) is 0 Å². The molecular weight excluding hydrogens is 597 g/mol. The van der Waals surface area contributed by atoms with Crippen molar-refractivity contribution < 1.29 is 0 Å². The molecule has 0 aliphatic carbocycles. The molecule has 2 heterocycles. The highest BCUT2D eigenvalue weighted by atomic mass is 15.0. The molecule has 2 aromatic heterocycles. The van der Waals surface area contributed by atoms with E-state index in [2.05, 4.69) is 150 Å². The molecule has 0 amide bonds. The largest absolute Gasteiger partial charge is 0.309 e. The smallest absolute Gasteiger partial charge is 0.164 e. The summed E-state index contributed by atoms with van der Waals surface area (Å²) < 4.78 is 2.35. The van der Waals surface area contributed by atoms with Crippen LogP contribution in [0.3, 0.4) is 0 Å². The summed E-state index contributed by atoms with van der Waals surface area (Å²) in [7, 11) is 0. The van der Waals surface area contributed by atoms with Crippen LogP contribution in [0.1, 0.15) is 0 Å². The Morgan fingerprint density at radius 2 is 0.673 bits per heavy atom. The maximum atomic E-state index is 5.07. The molecule has 0 unspecified atom stereocenters. The molecule has 230 valence electrons. The Bertz CT molecular complexity index is 2550. The number of rotatable bonds is 6. The quantitative estimate of drug-likeness (QED) is 0.184. The zero-order valence-corrected chi connectivity index (χ0v) is 26.6. The van der Waals surface area contributed by atoms with Crippen LogP contribution in [0.5, 0.6) is 0 Å². The molecule has 0 bridgehead atoms. The van der Waals surface area contributed by atoms with Crippen molar-refractivity contribution in [2.45, 2.75) is 0 Å². The molecule has 0 atom stereocenters. The highest BCUT2D eigenvalue weighted by Gasteiger charge is 2.15. The van der Waals surface area contributed by atoms with Gasteiger partial charge in [0.05, 0.1) is 11.0 Å². The number of aromatic nitrogens is 4. The number of benzene rings is 7. The van der Waals surface area contributed by atoms with Crippen molar-refractivity contribution in [3.63, 3.8) is 0 Å². The van der Waals surface area contributed by atoms with E-state index >= 15 is 0 Å². The van der Waals surface area contributed by atoms with Crippen molar-refractivity contribution in [3.8, 4) is 62.1 Å². The van der Waals surface area contributed by atoms with Crippen molar-refractivity contribution in [1.82, 2.24) is 19.5 Å². The first-order valence-corrected chi connectivity index (χ1v) is 16.5. The lowest BCUT2D eigenvalue weighted by Crippen LogP contribution is -2.00. The van der Waals surface area contributed by atoms with Gasteiger partial charge in [0, 0.05) is 33.2 Å². The van der Waals surface area contributed by atoms with Gasteiger partial charge in [-0.2, -0.15) is 0 Å². The Hall–Kier alpha value is -6.65. The molecule has 49 heavy (non-hydrogen) atoms. The first-order valence-electron chi connectivity index (χ1n) is 16.5. The summed E-state index contributed by atoms with van der Waals surface area (Å²) in [6.45, 7) is 0. The van der Waals surface area contributed by atoms with E-state index in [1.165, 1.54) is 21.8 Å². The summed E-state index contributed by atoms with van der Waals surface area (Å²) in [6.07, 6.45) is 0. The first-order chi connectivity index (χ1) is 24.3. The normalized spacial score (nSPS) is 11.3. The SMILES string of the molecule is c1ccc(-c2cccc(-c3nc(-c4ccccc4)nc(-c4cccc(-c5cccc(-n6c7ccccc7c7ccccc76)c5)c4)n3)c2)cc1. The minimum atomic E-state index is 0.634. The van der Waals surface area contributed by atoms with Crippen LogP contribution in [-0.2, 0) is 0 Å². The van der Waals surface area contributed by atoms with Gasteiger partial charge in [-0.1, -0.05) is 146 Å². The Morgan fingerprint density at radius 3 is 1.24 bits per heavy atom. The summed E-state index contributed by atoms with van der Waals surface area (Å²) in [6, 6.07) is 63.4. The van der Waals surface area contributed by atoms with E-state index in [-0.39, 0.29) is 0 Å². The van der Waals surface area contributed by atoms with Gasteiger partial charge in [0.2, 0.25) is 0 Å². The van der Waals surface area contributed by atoms with Gasteiger partial charge in [0.1, 0.15) is 0 Å². The standard InChI is InChI=1S/C45H30N4/c1-3-14-31(15-4-1)33-18-11-21-36(28-33)44-46-43(32-16-5-2-6-17-32)47-45(48-44)37-22-12-19-34(29-37)35-20-13-23-38(30-35)49-41-26-9-7-24-39(41)40-25-8-10-27-42(40)49/h1-30H. The van der Waals surface area contributed by atoms with Gasteiger partial charge in [-0.25, -0.2) is 15.0 Å². The van der Waals surface area contributed by atoms with Crippen LogP contribution in [0.15, 0.2) is 182 Å². The summed E-state index contributed by atoms with van der Waals surface area (Å²) in [5.74, 6) is 1.92. The fourth-order valence-electron chi connectivity index (χ4n) is 6.68. The summed E-state index contributed by atoms with van der Waals surface area (Å²) in [4.78, 5) is 15.1. The molecule has 0 saturated carbocycles. The third-order valence-corrected chi connectivity index (χ3v) is 9.03. The third-order valence-electron chi connectivity index (χ3n) is 9.03. The minimum absolute atomic E-state index is 0.634. The number of nitrogens with zero attached hydrogens (tertiary/aromatic N) is 4. The monoisotopic (exact) mass is 626 g/mol. The van der Waals surface area contributed by atoms with Gasteiger partial charge in [-0.05, 0) is 58.7 Å². The van der Waals surface area contributed by atoms with E-state index in [9.17, 15) is 0 Å². The number of fused-ring (bicyclic) bond motifs is 3. The van der Waals surface area contributed by atoms with Crippen LogP contribution in [0, 0.1) is 0 Å². The molecule has 0 N–H and O–H groups in total. The second-order valence-electron chi connectivity index (χ2n) is 12.1. The summed E-state index contributed by atoms with van der Waals surface area (Å²) in [5.41, 5.74) is 10.8. The number of hydrogen-bond donors (Lipinski definition) is 0. The lowest BCUT2D eigenvalue weighted by Gasteiger charge is -2.12. The molecule has 0 fully saturated rings. The van der Waals surface area contributed by atoms with E-state index in [1.807, 2.05) is 36.4 Å². The van der Waals surface area contributed by atoms with Gasteiger partial charge in [0.15, 0.2) is 17.5 Å². The molecule has 4 nitrogen and oxygen atoms in total. The highest BCUT2D eigenvalue weighted by molar-refractivity contribution is 6.09. The van der Waals surface area contributed by atoms with Crippen molar-refractivity contribution in [2.24, 2.45) is 0 Å². The van der Waals surface area contributed by atoms with Crippen LogP contribution in [0.25, 0.3) is 83.9 Å². The van der Waals surface area contributed by atoms with Crippen molar-refractivity contribution in [3.05, 3.63) is 182 Å². The maximum absolute atomic E-state index is 5.07. The van der Waals surface area contributed by atoms with E-state index in [4.69, 9.17) is 15.0 Å². The van der Waals surface area contributed by atoms with Crippen LogP contribution in [0.4, 0.5) is 0 Å². The fourth-order valence-corrected chi connectivity index (χ4v) is 6.68. The second kappa shape index (κ2) is 12.2. The fraction of sp³-hybridized carbons (Fsp3) is 0. The molecule has 0 radical (unpaired) electrons. The molecule has 0 aliphatic heterocycles. The van der Waals surface area contributed by atoms with E-state index < -0.39 is 0 Å². The van der Waals surface area contributed by atoms with Crippen molar-refractivity contribution in [2.75, 3.05) is 0 Å². The second-order valence-corrected chi connectivity index (χ2v) is 12.1. The first kappa shape index (κ1) is 28.6. The highest BCUT2D eigenvalue weighted by Crippen LogP contribution is 2.34. The molecule has 0 spiro atoms. The molecule has 4 heteroatoms. The van der Waals surface area contributed by atoms with E-state index in [1.54, 1.807) is 0 Å². The molecule has 0 saturated heterocycles. The molecule has 7 aromatic carbocycles. The zero-order valence-electron chi connectivity index (χ0n) is 26.6. The molecule has 9 rings (SSSR count). The number of para-hydroxylation sites is 2. The van der Waals surface area contributed by atoms with E-state index in [0.29, 0.717) is 17.5 Å². The topological polar surface area (TPSA) is 43.6 Å². The summed E-state index contributed by atoms with van der Waals surface area (Å²) in [5, 5.41) is 2.50. The Balaban J connectivity index is 1.15. The molecular formula is C45H30N4. The Morgan fingerprint density at radius 1 is 0.286 bits per heavy atom. The third kappa shape index (κ3) is 5.35. The molecule has 0 aliphatic rings. The zero-order chi connectivity index (χ0) is 32.6. The van der Waals surface area contributed by atoms with Crippen LogP contribution in [0.2, 0.25) is 0 Å². The predicted molar refractivity (Wildman–Crippen MR) is 201 cm³/mol. The summed E-state index contributed by atoms with van der Waals surface area (Å²) >= 11 is 0. The van der Waals surface area contributed by atoms with Gasteiger partial charge < -0.3 is 4.57 Å². The number of hydrogen-bond acceptors (Lipinski definition) is 3. The van der Waals surface area contributed by atoms with Crippen LogP contribution < -0.4 is 0 Å². The van der Waals surface area contributed by atoms with Gasteiger partial charge >= 0.3 is 0 Å². The van der Waals surface area contributed by atoms with Gasteiger partial charge in [-0.15, -0.1) is 0 Å². The van der Waals surface area contributed by atoms with Gasteiger partial charge in [-0.3, -0.25) is 0 Å². The minimum Gasteiger partial charge on any atom is -0.309 e. The average Bonchev–Trinajstić information content (AvgIpc) is 3.53. The lowest BCUT2D eigenvalue weighted by molar-refractivity contribution is 1.07. The van der Waals surface area contributed by atoms with E-state index in [0.717, 1.165) is 44.6 Å².